The van der Waals surface area contributed by atoms with Gasteiger partial charge in [0.2, 0.25) is 0 Å². The van der Waals surface area contributed by atoms with Gasteiger partial charge in [0.25, 0.3) is 0 Å². The Labute approximate surface area is 128 Å². The van der Waals surface area contributed by atoms with Gasteiger partial charge in [-0.05, 0) is 50.8 Å². The largest absolute Gasteiger partial charge is 0.492 e. The summed E-state index contributed by atoms with van der Waals surface area (Å²) < 4.78 is 5.95. The summed E-state index contributed by atoms with van der Waals surface area (Å²) in [6, 6.07) is 6.59. The normalized spacial score (nSPS) is 20.5. The van der Waals surface area contributed by atoms with Crippen LogP contribution in [0.1, 0.15) is 24.5 Å². The zero-order chi connectivity index (χ0) is 13.8. The fraction of sp³-hybridized carbons (Fsp3) is 0.625. The third kappa shape index (κ3) is 4.37. The number of likely N-dealkylation sites (tertiary alicyclic amines) is 1. The van der Waals surface area contributed by atoms with E-state index in [1.165, 1.54) is 17.5 Å². The number of nitrogens with zero attached hydrogens (tertiary/aromatic N) is 1. The number of hydrogen-bond donors (Lipinski definition) is 1. The minimum atomic E-state index is 0. The molecule has 2 N–H and O–H groups in total. The summed E-state index contributed by atoms with van der Waals surface area (Å²) in [7, 11) is 0. The summed E-state index contributed by atoms with van der Waals surface area (Å²) in [5.74, 6) is 1.70. The van der Waals surface area contributed by atoms with Gasteiger partial charge in [0.15, 0.2) is 0 Å². The van der Waals surface area contributed by atoms with Crippen LogP contribution in [-0.4, -0.2) is 37.2 Å². The molecular weight excluding hydrogens is 272 g/mol. The molecule has 114 valence electrons. The van der Waals surface area contributed by atoms with E-state index in [4.69, 9.17) is 10.5 Å². The molecule has 0 spiro atoms. The van der Waals surface area contributed by atoms with E-state index in [0.717, 1.165) is 32.0 Å². The quantitative estimate of drug-likeness (QED) is 0.908. The smallest absolute Gasteiger partial charge is 0.125 e. The van der Waals surface area contributed by atoms with Gasteiger partial charge in [0.05, 0.1) is 0 Å². The van der Waals surface area contributed by atoms with Crippen LogP contribution in [0.2, 0.25) is 0 Å². The highest BCUT2D eigenvalue weighted by Gasteiger charge is 2.24. The number of para-hydroxylation sites is 1. The number of ether oxygens (including phenoxy) is 1. The van der Waals surface area contributed by atoms with E-state index in [9.17, 15) is 0 Å². The lowest BCUT2D eigenvalue weighted by Crippen LogP contribution is -2.31. The molecule has 1 aliphatic rings. The minimum Gasteiger partial charge on any atom is -0.492 e. The third-order valence-corrected chi connectivity index (χ3v) is 4.12. The number of halogens is 1. The van der Waals surface area contributed by atoms with Crippen molar-refractivity contribution in [3.8, 4) is 5.75 Å². The maximum atomic E-state index is 5.96. The Bertz CT molecular complexity index is 403. The molecule has 0 saturated carbocycles. The molecule has 2 unspecified atom stereocenters. The van der Waals surface area contributed by atoms with Crippen molar-refractivity contribution in [1.29, 1.82) is 0 Å². The van der Waals surface area contributed by atoms with Crippen LogP contribution < -0.4 is 10.5 Å². The van der Waals surface area contributed by atoms with Gasteiger partial charge < -0.3 is 10.5 Å². The highest BCUT2D eigenvalue weighted by Crippen LogP contribution is 2.23. The van der Waals surface area contributed by atoms with Gasteiger partial charge in [-0.3, -0.25) is 4.90 Å². The number of nitrogens with two attached hydrogens (primary N) is 1. The highest BCUT2D eigenvalue weighted by atomic mass is 35.5. The molecule has 1 fully saturated rings. The van der Waals surface area contributed by atoms with Crippen LogP contribution in [0.3, 0.4) is 0 Å². The highest BCUT2D eigenvalue weighted by molar-refractivity contribution is 5.85. The van der Waals surface area contributed by atoms with E-state index < -0.39 is 0 Å². The first-order valence-electron chi connectivity index (χ1n) is 7.25. The van der Waals surface area contributed by atoms with Crippen LogP contribution >= 0.6 is 12.4 Å². The Morgan fingerprint density at radius 2 is 2.00 bits per heavy atom. The van der Waals surface area contributed by atoms with Crippen molar-refractivity contribution in [1.82, 2.24) is 4.90 Å². The first-order chi connectivity index (χ1) is 9.08. The lowest BCUT2D eigenvalue weighted by molar-refractivity contribution is 0.229. The Kier molecular flexibility index (Phi) is 6.80. The molecule has 1 aliphatic heterocycles. The molecular formula is C16H27ClN2O. The third-order valence-electron chi connectivity index (χ3n) is 4.12. The van der Waals surface area contributed by atoms with E-state index in [1.54, 1.807) is 0 Å². The molecule has 1 aromatic carbocycles. The summed E-state index contributed by atoms with van der Waals surface area (Å²) in [4.78, 5) is 2.46. The predicted octanol–water partition coefficient (Wildman–Crippen LogP) is 2.77. The van der Waals surface area contributed by atoms with Crippen molar-refractivity contribution in [2.75, 3.05) is 26.2 Å². The van der Waals surface area contributed by atoms with E-state index in [2.05, 4.69) is 43.9 Å². The van der Waals surface area contributed by atoms with Crippen LogP contribution in [0.4, 0.5) is 0 Å². The SMILES string of the molecule is Cc1cccc(C)c1OCCN1CCC(C(C)N)C1.Cl. The topological polar surface area (TPSA) is 38.5 Å². The average Bonchev–Trinajstić information content (AvgIpc) is 2.82. The van der Waals surface area contributed by atoms with Crippen molar-refractivity contribution >= 4 is 12.4 Å². The Balaban J connectivity index is 0.00000200. The Morgan fingerprint density at radius 3 is 2.55 bits per heavy atom. The van der Waals surface area contributed by atoms with Crippen LogP contribution in [0, 0.1) is 19.8 Å². The van der Waals surface area contributed by atoms with Crippen molar-refractivity contribution in [3.05, 3.63) is 29.3 Å². The molecule has 0 aromatic heterocycles. The summed E-state index contributed by atoms with van der Waals surface area (Å²) in [6.45, 7) is 10.3. The average molecular weight is 299 g/mol. The van der Waals surface area contributed by atoms with Crippen LogP contribution in [0.5, 0.6) is 5.75 Å². The molecule has 4 heteroatoms. The molecule has 0 bridgehead atoms. The van der Waals surface area contributed by atoms with Gasteiger partial charge >= 0.3 is 0 Å². The molecule has 1 heterocycles. The number of benzene rings is 1. The molecule has 2 rings (SSSR count). The van der Waals surface area contributed by atoms with E-state index in [-0.39, 0.29) is 12.4 Å². The van der Waals surface area contributed by atoms with Gasteiger partial charge in [0.1, 0.15) is 12.4 Å². The lowest BCUT2D eigenvalue weighted by atomic mass is 10.0. The van der Waals surface area contributed by atoms with Gasteiger partial charge in [-0.2, -0.15) is 0 Å². The second-order valence-electron chi connectivity index (χ2n) is 5.78. The summed E-state index contributed by atoms with van der Waals surface area (Å²) in [6.07, 6.45) is 1.22. The molecule has 20 heavy (non-hydrogen) atoms. The maximum Gasteiger partial charge on any atom is 0.125 e. The fourth-order valence-electron chi connectivity index (χ4n) is 2.80. The van der Waals surface area contributed by atoms with Crippen molar-refractivity contribution in [3.63, 3.8) is 0 Å². The first-order valence-corrected chi connectivity index (χ1v) is 7.25. The van der Waals surface area contributed by atoms with E-state index in [1.807, 2.05) is 0 Å². The zero-order valence-corrected chi connectivity index (χ0v) is 13.6. The predicted molar refractivity (Wildman–Crippen MR) is 86.9 cm³/mol. The molecule has 0 radical (unpaired) electrons. The number of rotatable bonds is 5. The fourth-order valence-corrected chi connectivity index (χ4v) is 2.80. The maximum absolute atomic E-state index is 5.96. The Hall–Kier alpha value is -0.770. The van der Waals surface area contributed by atoms with Gasteiger partial charge in [-0.1, -0.05) is 18.2 Å². The minimum absolute atomic E-state index is 0. The van der Waals surface area contributed by atoms with Crippen LogP contribution in [-0.2, 0) is 0 Å². The summed E-state index contributed by atoms with van der Waals surface area (Å²) >= 11 is 0. The second-order valence-corrected chi connectivity index (χ2v) is 5.78. The monoisotopic (exact) mass is 298 g/mol. The standard InChI is InChI=1S/C16H26N2O.ClH/c1-12-5-4-6-13(2)16(12)19-10-9-18-8-7-15(11-18)14(3)17;/h4-6,14-15H,7-11,17H2,1-3H3;1H. The van der Waals surface area contributed by atoms with E-state index >= 15 is 0 Å². The molecule has 0 aliphatic carbocycles. The van der Waals surface area contributed by atoms with Crippen LogP contribution in [0.25, 0.3) is 0 Å². The van der Waals surface area contributed by atoms with Crippen molar-refractivity contribution in [2.24, 2.45) is 11.7 Å². The summed E-state index contributed by atoms with van der Waals surface area (Å²) in [5, 5.41) is 0. The van der Waals surface area contributed by atoms with Gasteiger partial charge in [-0.25, -0.2) is 0 Å². The molecule has 3 nitrogen and oxygen atoms in total. The van der Waals surface area contributed by atoms with Gasteiger partial charge in [-0.15, -0.1) is 12.4 Å². The number of aryl methyl sites for hydroxylation is 2. The van der Waals surface area contributed by atoms with Crippen molar-refractivity contribution in [2.45, 2.75) is 33.2 Å². The lowest BCUT2D eigenvalue weighted by Gasteiger charge is -2.19. The summed E-state index contributed by atoms with van der Waals surface area (Å²) in [5.41, 5.74) is 8.40. The Morgan fingerprint density at radius 1 is 1.35 bits per heavy atom. The molecule has 0 amide bonds. The molecule has 1 aromatic rings. The van der Waals surface area contributed by atoms with E-state index in [0.29, 0.717) is 12.0 Å². The van der Waals surface area contributed by atoms with Gasteiger partial charge in [0, 0.05) is 19.1 Å². The molecule has 2 atom stereocenters. The van der Waals surface area contributed by atoms with Crippen molar-refractivity contribution < 1.29 is 4.74 Å². The molecule has 1 saturated heterocycles. The number of hydrogen-bond acceptors (Lipinski definition) is 3. The first kappa shape index (κ1) is 17.3. The second kappa shape index (κ2) is 7.87. The zero-order valence-electron chi connectivity index (χ0n) is 12.8. The van der Waals surface area contributed by atoms with Crippen LogP contribution in [0.15, 0.2) is 18.2 Å².